The van der Waals surface area contributed by atoms with E-state index in [0.29, 0.717) is 29.9 Å². The van der Waals surface area contributed by atoms with Crippen LogP contribution in [0.1, 0.15) is 33.6 Å². The van der Waals surface area contributed by atoms with E-state index in [9.17, 15) is 13.2 Å². The molecule has 0 unspecified atom stereocenters. The van der Waals surface area contributed by atoms with Crippen molar-refractivity contribution < 1.29 is 13.2 Å². The van der Waals surface area contributed by atoms with Gasteiger partial charge in [0, 0.05) is 47.2 Å². The molecule has 1 aliphatic heterocycles. The first kappa shape index (κ1) is 22.4. The zero-order chi connectivity index (χ0) is 23.1. The zero-order valence-corrected chi connectivity index (χ0v) is 19.9. The highest BCUT2D eigenvalue weighted by Gasteiger charge is 2.29. The summed E-state index contributed by atoms with van der Waals surface area (Å²) < 4.78 is 29.5. The lowest BCUT2D eigenvalue weighted by atomic mass is 10.1. The van der Waals surface area contributed by atoms with E-state index < -0.39 is 15.6 Å². The largest absolute Gasteiger partial charge is 0.399 e. The number of benzene rings is 2. The molecule has 0 saturated carbocycles. The predicted octanol–water partition coefficient (Wildman–Crippen LogP) is 4.26. The van der Waals surface area contributed by atoms with Crippen LogP contribution in [-0.4, -0.2) is 31.4 Å². The maximum absolute atomic E-state index is 13.4. The van der Waals surface area contributed by atoms with Gasteiger partial charge in [-0.15, -0.1) is 11.3 Å². The summed E-state index contributed by atoms with van der Waals surface area (Å²) in [5, 5.41) is 0.769. The van der Waals surface area contributed by atoms with Crippen molar-refractivity contribution >= 4 is 38.6 Å². The molecule has 1 fully saturated rings. The monoisotopic (exact) mass is 470 g/mol. The summed E-state index contributed by atoms with van der Waals surface area (Å²) in [5.74, 6) is 0.00769. The fourth-order valence-corrected chi connectivity index (χ4v) is 6.33. The molecule has 3 N–H and O–H groups in total. The second kappa shape index (κ2) is 8.31. The van der Waals surface area contributed by atoms with Gasteiger partial charge in [-0.2, -0.15) is 0 Å². The lowest BCUT2D eigenvalue weighted by Crippen LogP contribution is -2.40. The molecule has 3 aromatic rings. The molecule has 7 nitrogen and oxygen atoms in total. The summed E-state index contributed by atoms with van der Waals surface area (Å²) in [6, 6.07) is 12.5. The van der Waals surface area contributed by atoms with Crippen molar-refractivity contribution in [3.63, 3.8) is 0 Å². The number of nitrogens with two attached hydrogens (primary N) is 1. The van der Waals surface area contributed by atoms with Crippen LogP contribution >= 0.6 is 11.3 Å². The second-order valence-electron chi connectivity index (χ2n) is 8.84. The normalized spacial score (nSPS) is 14.8. The third kappa shape index (κ3) is 4.69. The Morgan fingerprint density at radius 2 is 1.84 bits per heavy atom. The summed E-state index contributed by atoms with van der Waals surface area (Å²) in [6.45, 7) is 5.98. The van der Waals surface area contributed by atoms with Crippen LogP contribution in [0.2, 0.25) is 0 Å². The third-order valence-corrected chi connectivity index (χ3v) is 7.89. The number of sulfonamides is 1. The summed E-state index contributed by atoms with van der Waals surface area (Å²) in [5.41, 5.74) is 7.84. The van der Waals surface area contributed by atoms with Crippen LogP contribution in [0.5, 0.6) is 0 Å². The summed E-state index contributed by atoms with van der Waals surface area (Å²) in [4.78, 5) is 19.3. The second-order valence-corrected chi connectivity index (χ2v) is 11.5. The van der Waals surface area contributed by atoms with Crippen molar-refractivity contribution in [2.45, 2.75) is 44.0 Å². The van der Waals surface area contributed by atoms with Gasteiger partial charge < -0.3 is 10.6 Å². The number of nitrogens with one attached hydrogen (secondary N) is 1. The average molecular weight is 471 g/mol. The zero-order valence-electron chi connectivity index (χ0n) is 18.3. The molecule has 0 aliphatic carbocycles. The van der Waals surface area contributed by atoms with E-state index in [1.165, 1.54) is 11.3 Å². The molecule has 32 heavy (non-hydrogen) atoms. The Kier molecular flexibility index (Phi) is 5.83. The lowest BCUT2D eigenvalue weighted by Gasteiger charge is -2.23. The van der Waals surface area contributed by atoms with E-state index in [2.05, 4.69) is 9.71 Å². The minimum absolute atomic E-state index is 0.00769. The highest BCUT2D eigenvalue weighted by Crippen LogP contribution is 2.38. The van der Waals surface area contributed by atoms with Gasteiger partial charge in [-0.3, -0.25) is 4.79 Å². The Morgan fingerprint density at radius 1 is 1.12 bits per heavy atom. The van der Waals surface area contributed by atoms with Gasteiger partial charge in [0.1, 0.15) is 5.01 Å². The van der Waals surface area contributed by atoms with Crippen molar-refractivity contribution in [1.29, 1.82) is 0 Å². The van der Waals surface area contributed by atoms with Crippen molar-refractivity contribution in [3.05, 3.63) is 48.7 Å². The Balaban J connectivity index is 1.81. The molecule has 1 aromatic heterocycles. The van der Waals surface area contributed by atoms with Crippen LogP contribution < -0.4 is 15.4 Å². The maximum Gasteiger partial charge on any atom is 0.241 e. The molecule has 9 heteroatoms. The number of hydrogen-bond donors (Lipinski definition) is 2. The van der Waals surface area contributed by atoms with Crippen LogP contribution in [0, 0.1) is 0 Å². The third-order valence-electron chi connectivity index (χ3n) is 5.01. The number of nitrogen functional groups attached to an aromatic ring is 1. The molecule has 0 radical (unpaired) electrons. The standard InChI is InChI=1S/C23H26N4O3S2/c1-23(2,3)26-32(29,30)20-13-17(27-12-4-5-21(27)28)10-11-18(20)19-14-25-22(31-19)15-6-8-16(24)9-7-15/h6-11,13-14,26H,4-5,12,24H2,1-3H3. The van der Waals surface area contributed by atoms with Gasteiger partial charge in [-0.25, -0.2) is 18.1 Å². The van der Waals surface area contributed by atoms with Gasteiger partial charge in [0.2, 0.25) is 15.9 Å². The minimum atomic E-state index is -3.85. The molecule has 0 atom stereocenters. The van der Waals surface area contributed by atoms with E-state index >= 15 is 0 Å². The van der Waals surface area contributed by atoms with Crippen molar-refractivity contribution in [3.8, 4) is 21.0 Å². The van der Waals surface area contributed by atoms with Crippen LogP contribution in [0.4, 0.5) is 11.4 Å². The molecular formula is C23H26N4O3S2. The topological polar surface area (TPSA) is 105 Å². The minimum Gasteiger partial charge on any atom is -0.399 e. The number of amides is 1. The first-order valence-corrected chi connectivity index (χ1v) is 12.6. The molecule has 0 spiro atoms. The van der Waals surface area contributed by atoms with Crippen LogP contribution in [0.25, 0.3) is 21.0 Å². The SMILES string of the molecule is CC(C)(C)NS(=O)(=O)c1cc(N2CCCC2=O)ccc1-c1cnc(-c2ccc(N)cc2)s1. The maximum atomic E-state index is 13.4. The summed E-state index contributed by atoms with van der Waals surface area (Å²) >= 11 is 1.41. The number of carbonyl (C=O) groups excluding carboxylic acids is 1. The van der Waals surface area contributed by atoms with Crippen LogP contribution in [0.3, 0.4) is 0 Å². The highest BCUT2D eigenvalue weighted by molar-refractivity contribution is 7.89. The highest BCUT2D eigenvalue weighted by atomic mass is 32.2. The molecule has 1 aliphatic rings. The first-order valence-electron chi connectivity index (χ1n) is 10.3. The molecular weight excluding hydrogens is 444 g/mol. The summed E-state index contributed by atoms with van der Waals surface area (Å²) in [7, 11) is -3.85. The van der Waals surface area contributed by atoms with Gasteiger partial charge in [-0.1, -0.05) is 6.07 Å². The van der Waals surface area contributed by atoms with E-state index in [0.717, 1.165) is 21.9 Å². The van der Waals surface area contributed by atoms with Crippen LogP contribution in [-0.2, 0) is 14.8 Å². The molecule has 2 aromatic carbocycles. The van der Waals surface area contributed by atoms with E-state index in [4.69, 9.17) is 5.73 Å². The molecule has 1 amide bonds. The number of thiazole rings is 1. The quantitative estimate of drug-likeness (QED) is 0.542. The number of rotatable bonds is 5. The van der Waals surface area contributed by atoms with Crippen molar-refractivity contribution in [2.75, 3.05) is 17.2 Å². The van der Waals surface area contributed by atoms with E-state index in [1.54, 1.807) is 62.2 Å². The van der Waals surface area contributed by atoms with Gasteiger partial charge in [0.25, 0.3) is 0 Å². The van der Waals surface area contributed by atoms with Crippen molar-refractivity contribution in [2.24, 2.45) is 0 Å². The number of carbonyl (C=O) groups is 1. The van der Waals surface area contributed by atoms with Crippen LogP contribution in [0.15, 0.2) is 53.6 Å². The van der Waals surface area contributed by atoms with Gasteiger partial charge >= 0.3 is 0 Å². The number of aromatic nitrogens is 1. The Bertz CT molecular complexity index is 1260. The predicted molar refractivity (Wildman–Crippen MR) is 129 cm³/mol. The fraction of sp³-hybridized carbons (Fsp3) is 0.304. The number of hydrogen-bond acceptors (Lipinski definition) is 6. The molecule has 2 heterocycles. The number of anilines is 2. The lowest BCUT2D eigenvalue weighted by molar-refractivity contribution is -0.117. The van der Waals surface area contributed by atoms with Gasteiger partial charge in [0.05, 0.1) is 9.77 Å². The average Bonchev–Trinajstić information content (AvgIpc) is 3.36. The van der Waals surface area contributed by atoms with E-state index in [-0.39, 0.29) is 10.8 Å². The fourth-order valence-electron chi connectivity index (χ4n) is 3.64. The Morgan fingerprint density at radius 3 is 2.47 bits per heavy atom. The molecule has 1 saturated heterocycles. The smallest absolute Gasteiger partial charge is 0.241 e. The Labute approximate surface area is 192 Å². The Hall–Kier alpha value is -2.75. The number of nitrogens with zero attached hydrogens (tertiary/aromatic N) is 2. The summed E-state index contributed by atoms with van der Waals surface area (Å²) in [6.07, 6.45) is 2.93. The van der Waals surface area contributed by atoms with Gasteiger partial charge in [-0.05, 0) is 63.6 Å². The van der Waals surface area contributed by atoms with Gasteiger partial charge in [0.15, 0.2) is 0 Å². The molecule has 0 bridgehead atoms. The first-order chi connectivity index (χ1) is 15.0. The van der Waals surface area contributed by atoms with Crippen molar-refractivity contribution in [1.82, 2.24) is 9.71 Å². The molecule has 168 valence electrons. The van der Waals surface area contributed by atoms with E-state index in [1.807, 2.05) is 12.1 Å². The molecule has 4 rings (SSSR count).